The molecule has 0 saturated carbocycles. The lowest BCUT2D eigenvalue weighted by Crippen LogP contribution is -2.41. The van der Waals surface area contributed by atoms with Gasteiger partial charge in [0.05, 0.1) is 0 Å². The van der Waals surface area contributed by atoms with Crippen LogP contribution in [0.1, 0.15) is 60.4 Å². The molecule has 0 spiro atoms. The zero-order valence-electron chi connectivity index (χ0n) is 23.6. The quantitative estimate of drug-likeness (QED) is 0.239. The average Bonchev–Trinajstić information content (AvgIpc) is 3.19. The van der Waals surface area contributed by atoms with Crippen LogP contribution in [-0.2, 0) is 0 Å². The number of para-hydroxylation sites is 1. The van der Waals surface area contributed by atoms with Gasteiger partial charge in [0, 0.05) is 22.3 Å². The van der Waals surface area contributed by atoms with Crippen molar-refractivity contribution < 1.29 is 19.4 Å². The van der Waals surface area contributed by atoms with E-state index >= 15 is 0 Å². The van der Waals surface area contributed by atoms with Crippen LogP contribution in [0.2, 0.25) is 0 Å². The lowest BCUT2D eigenvalue weighted by molar-refractivity contribution is -0.427. The van der Waals surface area contributed by atoms with Gasteiger partial charge in [-0.05, 0) is 87.1 Å². The minimum absolute atomic E-state index is 0.150. The van der Waals surface area contributed by atoms with E-state index in [4.69, 9.17) is 0 Å². The molecule has 4 aromatic rings. The fourth-order valence-corrected chi connectivity index (χ4v) is 5.76. The van der Waals surface area contributed by atoms with E-state index in [1.54, 1.807) is 30.3 Å². The molecule has 0 aromatic heterocycles. The van der Waals surface area contributed by atoms with E-state index in [9.17, 15) is 14.7 Å². The Morgan fingerprint density at radius 2 is 1.18 bits per heavy atom. The molecule has 6 heteroatoms. The van der Waals surface area contributed by atoms with E-state index in [0.717, 1.165) is 48.5 Å². The summed E-state index contributed by atoms with van der Waals surface area (Å²) >= 11 is 0. The summed E-state index contributed by atoms with van der Waals surface area (Å²) in [5.41, 5.74) is 8.90. The summed E-state index contributed by atoms with van der Waals surface area (Å²) in [5, 5.41) is 17.4. The number of hydrogen-bond donors (Lipinski definition) is 0. The van der Waals surface area contributed by atoms with Crippen molar-refractivity contribution in [3.8, 4) is 0 Å². The lowest BCUT2D eigenvalue weighted by Gasteiger charge is -2.17. The maximum atomic E-state index is 14.2. The van der Waals surface area contributed by atoms with E-state index in [0.29, 0.717) is 28.1 Å². The van der Waals surface area contributed by atoms with E-state index in [-0.39, 0.29) is 5.78 Å². The van der Waals surface area contributed by atoms with Crippen LogP contribution in [0.4, 0.5) is 10.5 Å². The summed E-state index contributed by atoms with van der Waals surface area (Å²) in [7, 11) is 0. The van der Waals surface area contributed by atoms with Gasteiger partial charge in [-0.2, -0.15) is 4.79 Å². The lowest BCUT2D eigenvalue weighted by atomic mass is 9.86. The monoisotopic (exact) mass is 529 g/mol. The number of aryl methyl sites for hydroxylation is 6. The molecule has 6 nitrogen and oxygen atoms in total. The Morgan fingerprint density at radius 3 is 1.73 bits per heavy atom. The molecule has 200 valence electrons. The third kappa shape index (κ3) is 4.62. The van der Waals surface area contributed by atoms with Gasteiger partial charge in [0.1, 0.15) is 5.69 Å². The van der Waals surface area contributed by atoms with Gasteiger partial charge in [-0.1, -0.05) is 76.5 Å². The number of hydrazone groups is 1. The van der Waals surface area contributed by atoms with Gasteiger partial charge in [-0.25, -0.2) is 0 Å². The van der Waals surface area contributed by atoms with Crippen LogP contribution >= 0.6 is 0 Å². The van der Waals surface area contributed by atoms with Crippen molar-refractivity contribution in [2.75, 3.05) is 4.90 Å². The first-order chi connectivity index (χ1) is 19.1. The third-order valence-electron chi connectivity index (χ3n) is 7.22. The molecule has 1 heterocycles. The van der Waals surface area contributed by atoms with Crippen molar-refractivity contribution >= 4 is 29.2 Å². The number of ketones is 1. The molecule has 0 saturated heterocycles. The Kier molecular flexibility index (Phi) is 6.94. The molecule has 0 N–H and O–H groups in total. The molecule has 4 aromatic carbocycles. The SMILES string of the molecule is Cc1cc(C)c(C(=O)c2ccccc2/C(c2c(C)cc(C)cc2C)=[N+]2/N=C([O-])N(c3ccccc3)C2=O)c(C)c1. The summed E-state index contributed by atoms with van der Waals surface area (Å²) in [5.74, 6) is -0.150. The van der Waals surface area contributed by atoms with Gasteiger partial charge < -0.3 is 5.11 Å². The van der Waals surface area contributed by atoms with E-state index in [1.807, 2.05) is 90.1 Å². The fourth-order valence-electron chi connectivity index (χ4n) is 5.76. The molecular weight excluding hydrogens is 498 g/mol. The highest BCUT2D eigenvalue weighted by molar-refractivity contribution is 6.23. The molecule has 2 amide bonds. The van der Waals surface area contributed by atoms with Crippen LogP contribution in [0.25, 0.3) is 0 Å². The number of benzene rings is 4. The predicted molar refractivity (Wildman–Crippen MR) is 156 cm³/mol. The van der Waals surface area contributed by atoms with Crippen molar-refractivity contribution in [1.82, 2.24) is 0 Å². The van der Waals surface area contributed by atoms with Gasteiger partial charge in [0.2, 0.25) is 6.02 Å². The van der Waals surface area contributed by atoms with Gasteiger partial charge in [-0.3, -0.25) is 4.79 Å². The number of nitrogens with zero attached hydrogens (tertiary/aromatic N) is 3. The number of amides is 2. The van der Waals surface area contributed by atoms with Gasteiger partial charge in [0.25, 0.3) is 0 Å². The van der Waals surface area contributed by atoms with Gasteiger partial charge >= 0.3 is 6.03 Å². The standard InChI is InChI=1S/C34H31N3O3/c1-20-16-22(3)29(23(4)17-20)31(37-34(40)36(33(39)35-37)26-12-8-7-9-13-26)27-14-10-11-15-28(27)32(38)30-24(5)18-21(2)19-25(30)6/h7-19H,1-6H3. The summed E-state index contributed by atoms with van der Waals surface area (Å²) < 4.78 is 1.15. The maximum Gasteiger partial charge on any atom is 0.530 e. The van der Waals surface area contributed by atoms with Crippen LogP contribution in [0, 0.1) is 41.5 Å². The number of amidine groups is 1. The molecule has 40 heavy (non-hydrogen) atoms. The Balaban J connectivity index is 1.81. The summed E-state index contributed by atoms with van der Waals surface area (Å²) in [6.45, 7) is 11.8. The largest absolute Gasteiger partial charge is 0.824 e. The number of carbonyl (C=O) groups is 2. The Morgan fingerprint density at radius 1 is 0.700 bits per heavy atom. The molecular formula is C34H31N3O3. The second-order valence-corrected chi connectivity index (χ2v) is 10.4. The number of hydrogen-bond acceptors (Lipinski definition) is 4. The average molecular weight is 530 g/mol. The highest BCUT2D eigenvalue weighted by Crippen LogP contribution is 2.28. The highest BCUT2D eigenvalue weighted by Gasteiger charge is 2.41. The molecule has 1 aliphatic rings. The molecule has 0 aliphatic carbocycles. The fraction of sp³-hybridized carbons (Fsp3) is 0.176. The minimum atomic E-state index is -0.690. The van der Waals surface area contributed by atoms with Crippen molar-refractivity contribution in [2.45, 2.75) is 41.5 Å². The third-order valence-corrected chi connectivity index (χ3v) is 7.22. The van der Waals surface area contributed by atoms with Gasteiger partial charge in [0.15, 0.2) is 11.5 Å². The topological polar surface area (TPSA) is 75.8 Å². The predicted octanol–water partition coefficient (Wildman–Crippen LogP) is 5.89. The highest BCUT2D eigenvalue weighted by atomic mass is 16.3. The summed E-state index contributed by atoms with van der Waals surface area (Å²) in [6, 6.07) is 22.7. The number of carbonyl (C=O) groups excluding carboxylic acids is 2. The van der Waals surface area contributed by atoms with Crippen molar-refractivity contribution in [2.24, 2.45) is 5.10 Å². The van der Waals surface area contributed by atoms with Crippen LogP contribution < -0.4 is 10.0 Å². The Bertz CT molecular complexity index is 1700. The van der Waals surface area contributed by atoms with Crippen molar-refractivity contribution in [1.29, 1.82) is 0 Å². The normalized spacial score (nSPS) is 14.4. The van der Waals surface area contributed by atoms with Crippen LogP contribution in [0.15, 0.2) is 84.0 Å². The summed E-state index contributed by atoms with van der Waals surface area (Å²) in [6.07, 6.45) is 0. The number of anilines is 1. The minimum Gasteiger partial charge on any atom is -0.824 e. The molecule has 0 radical (unpaired) electrons. The first-order valence-corrected chi connectivity index (χ1v) is 13.2. The van der Waals surface area contributed by atoms with E-state index in [2.05, 4.69) is 5.10 Å². The maximum absolute atomic E-state index is 14.2. The Labute approximate surface area is 234 Å². The molecule has 1 aliphatic heterocycles. The van der Waals surface area contributed by atoms with E-state index in [1.165, 1.54) is 0 Å². The van der Waals surface area contributed by atoms with Crippen molar-refractivity contribution in [3.63, 3.8) is 0 Å². The smallest absolute Gasteiger partial charge is 0.530 e. The van der Waals surface area contributed by atoms with Gasteiger partial charge in [-0.15, -0.1) is 4.90 Å². The molecule has 0 bridgehead atoms. The second-order valence-electron chi connectivity index (χ2n) is 10.4. The molecule has 0 fully saturated rings. The number of urea groups is 1. The van der Waals surface area contributed by atoms with Crippen molar-refractivity contribution in [3.05, 3.63) is 134 Å². The zero-order chi connectivity index (χ0) is 28.7. The first kappa shape index (κ1) is 26.8. The Hall–Kier alpha value is -4.84. The molecule has 0 unspecified atom stereocenters. The van der Waals surface area contributed by atoms with Crippen LogP contribution in [-0.4, -0.2) is 28.2 Å². The number of rotatable bonds is 5. The second kappa shape index (κ2) is 10.4. The molecule has 0 atom stereocenters. The first-order valence-electron chi connectivity index (χ1n) is 13.2. The zero-order valence-corrected chi connectivity index (χ0v) is 23.6. The van der Waals surface area contributed by atoms with Crippen LogP contribution in [0.5, 0.6) is 0 Å². The summed E-state index contributed by atoms with van der Waals surface area (Å²) in [4.78, 5) is 29.2. The van der Waals surface area contributed by atoms with E-state index < -0.39 is 12.1 Å². The van der Waals surface area contributed by atoms with Crippen LogP contribution in [0.3, 0.4) is 0 Å². The molecule has 5 rings (SSSR count).